The number of allylic oxidation sites excluding steroid dienone is 4. The summed E-state index contributed by atoms with van der Waals surface area (Å²) in [5.74, 6) is 0.342. The number of hydrogen-bond acceptors (Lipinski definition) is 4. The molecule has 0 heterocycles. The Balaban J connectivity index is 1.68. The van der Waals surface area contributed by atoms with Gasteiger partial charge >= 0.3 is 0 Å². The van der Waals surface area contributed by atoms with Crippen molar-refractivity contribution in [1.82, 2.24) is 10.6 Å². The number of nitriles is 1. The average Bonchev–Trinajstić information content (AvgIpc) is 2.83. The van der Waals surface area contributed by atoms with Crippen LogP contribution < -0.4 is 10.6 Å². The summed E-state index contributed by atoms with van der Waals surface area (Å²) >= 11 is 5.63. The largest absolute Gasteiger partial charge is 0.366 e. The molecule has 2 N–H and O–H groups in total. The zero-order valence-corrected chi connectivity index (χ0v) is 25.3. The Morgan fingerprint density at radius 1 is 1.03 bits per heavy atom. The van der Waals surface area contributed by atoms with Crippen LogP contribution in [0.5, 0.6) is 0 Å². The summed E-state index contributed by atoms with van der Waals surface area (Å²) in [6.45, 7) is 15.6. The molecule has 206 valence electrons. The molecule has 7 atom stereocenters. The van der Waals surface area contributed by atoms with E-state index >= 15 is 0 Å². The van der Waals surface area contributed by atoms with Gasteiger partial charge in [0.05, 0.1) is 5.57 Å². The molecule has 5 aliphatic carbocycles. The second-order valence-electron chi connectivity index (χ2n) is 15.1. The number of hydrogen-bond donors (Lipinski definition) is 2. The maximum absolute atomic E-state index is 14.5. The van der Waals surface area contributed by atoms with Crippen molar-refractivity contribution in [1.29, 1.82) is 5.26 Å². The van der Waals surface area contributed by atoms with Crippen LogP contribution in [0.15, 0.2) is 23.3 Å². The molecular formula is C32H45N3O2S. The first-order valence-corrected chi connectivity index (χ1v) is 14.9. The second-order valence-corrected chi connectivity index (χ2v) is 15.5. The van der Waals surface area contributed by atoms with Crippen molar-refractivity contribution in [3.8, 4) is 6.07 Å². The lowest BCUT2D eigenvalue weighted by molar-refractivity contribution is -0.160. The van der Waals surface area contributed by atoms with Crippen molar-refractivity contribution in [3.63, 3.8) is 0 Å². The van der Waals surface area contributed by atoms with E-state index in [1.54, 1.807) is 0 Å². The van der Waals surface area contributed by atoms with Gasteiger partial charge in [-0.25, -0.2) is 0 Å². The molecule has 1 unspecified atom stereocenters. The predicted molar refractivity (Wildman–Crippen MR) is 154 cm³/mol. The van der Waals surface area contributed by atoms with Crippen LogP contribution in [0.3, 0.4) is 0 Å². The molecule has 38 heavy (non-hydrogen) atoms. The van der Waals surface area contributed by atoms with Gasteiger partial charge in [-0.3, -0.25) is 9.59 Å². The van der Waals surface area contributed by atoms with E-state index in [2.05, 4.69) is 51.3 Å². The predicted octanol–water partition coefficient (Wildman–Crippen LogP) is 6.05. The van der Waals surface area contributed by atoms with Gasteiger partial charge in [0.25, 0.3) is 0 Å². The fourth-order valence-electron chi connectivity index (χ4n) is 10.1. The Kier molecular flexibility index (Phi) is 5.99. The van der Waals surface area contributed by atoms with Crippen molar-refractivity contribution in [2.75, 3.05) is 7.05 Å². The first kappa shape index (κ1) is 27.6. The van der Waals surface area contributed by atoms with Crippen molar-refractivity contribution in [2.45, 2.75) is 99.0 Å². The van der Waals surface area contributed by atoms with E-state index in [1.807, 2.05) is 33.0 Å². The summed E-state index contributed by atoms with van der Waals surface area (Å²) in [5.41, 5.74) is -0.140. The van der Waals surface area contributed by atoms with E-state index in [-0.39, 0.29) is 56.7 Å². The molecule has 6 heteroatoms. The van der Waals surface area contributed by atoms with Crippen LogP contribution in [0, 0.1) is 56.2 Å². The first-order valence-electron chi connectivity index (χ1n) is 14.5. The third-order valence-electron chi connectivity index (χ3n) is 12.4. The monoisotopic (exact) mass is 535 g/mol. The van der Waals surface area contributed by atoms with E-state index in [1.165, 1.54) is 0 Å². The van der Waals surface area contributed by atoms with Crippen LogP contribution >= 0.6 is 12.2 Å². The van der Waals surface area contributed by atoms with Crippen LogP contribution in [0.2, 0.25) is 0 Å². The van der Waals surface area contributed by atoms with E-state index in [0.29, 0.717) is 5.11 Å². The Labute approximate surface area is 234 Å². The molecule has 3 fully saturated rings. The summed E-state index contributed by atoms with van der Waals surface area (Å²) in [4.78, 5) is 27.7. The molecule has 0 aromatic heterocycles. The van der Waals surface area contributed by atoms with E-state index in [0.717, 1.165) is 50.5 Å². The highest BCUT2D eigenvalue weighted by atomic mass is 32.1. The molecular weight excluding hydrogens is 490 g/mol. The van der Waals surface area contributed by atoms with Crippen molar-refractivity contribution >= 4 is 28.9 Å². The Hall–Kier alpha value is -2.00. The van der Waals surface area contributed by atoms with Crippen molar-refractivity contribution in [2.24, 2.45) is 44.8 Å². The van der Waals surface area contributed by atoms with Gasteiger partial charge in [0.1, 0.15) is 6.07 Å². The summed E-state index contributed by atoms with van der Waals surface area (Å²) in [7, 11) is 1.86. The molecule has 0 radical (unpaired) electrons. The Morgan fingerprint density at radius 2 is 1.68 bits per heavy atom. The van der Waals surface area contributed by atoms with Crippen LogP contribution in [0.25, 0.3) is 0 Å². The smallest absolute Gasteiger partial charge is 0.178 e. The van der Waals surface area contributed by atoms with Crippen molar-refractivity contribution < 1.29 is 9.59 Å². The van der Waals surface area contributed by atoms with Crippen LogP contribution in [-0.2, 0) is 9.59 Å². The number of Topliss-reactive ketones (excluding diaryl/α,β-unsaturated/α-hetero) is 1. The molecule has 0 bridgehead atoms. The molecule has 0 aromatic carbocycles. The fourth-order valence-corrected chi connectivity index (χ4v) is 10.3. The lowest BCUT2D eigenvalue weighted by Crippen LogP contribution is -2.70. The van der Waals surface area contributed by atoms with Gasteiger partial charge in [0.2, 0.25) is 0 Å². The molecule has 0 aromatic rings. The van der Waals surface area contributed by atoms with Gasteiger partial charge in [0, 0.05) is 29.3 Å². The topological polar surface area (TPSA) is 82.0 Å². The number of ketones is 2. The molecule has 0 saturated heterocycles. The maximum Gasteiger partial charge on any atom is 0.178 e. The van der Waals surface area contributed by atoms with E-state index in [9.17, 15) is 14.9 Å². The molecule has 5 rings (SSSR count). The van der Waals surface area contributed by atoms with Crippen LogP contribution in [-0.4, -0.2) is 29.3 Å². The number of carbonyl (C=O) groups excluding carboxylic acids is 2. The number of carbonyl (C=O) groups is 2. The highest BCUT2D eigenvalue weighted by Gasteiger charge is 2.69. The Morgan fingerprint density at radius 3 is 2.32 bits per heavy atom. The molecule has 5 aliphatic rings. The number of rotatable bonds is 1. The SMILES string of the molecule is CNC(=S)N[C@]12CCC(C)(C)C[C@H]1[C@H]1C(=O)C=C3[C@@]4(C)C=C(C#N)C(=O)C(C)(C)C4CC[C@@]3(C)[C@]1(C)CC2. The quantitative estimate of drug-likeness (QED) is 0.398. The number of nitrogens with zero attached hydrogens (tertiary/aromatic N) is 1. The number of thiocarbonyl (C=S) groups is 1. The van der Waals surface area contributed by atoms with Gasteiger partial charge < -0.3 is 10.6 Å². The van der Waals surface area contributed by atoms with Crippen LogP contribution in [0.4, 0.5) is 0 Å². The first-order chi connectivity index (χ1) is 17.5. The number of fused-ring (bicyclic) bond motifs is 7. The van der Waals surface area contributed by atoms with Gasteiger partial charge in [-0.05, 0) is 91.3 Å². The van der Waals surface area contributed by atoms with E-state index in [4.69, 9.17) is 12.2 Å². The van der Waals surface area contributed by atoms with Gasteiger partial charge in [-0.15, -0.1) is 0 Å². The minimum Gasteiger partial charge on any atom is -0.366 e. The summed E-state index contributed by atoms with van der Waals surface area (Å²) in [6.07, 6.45) is 10.8. The lowest BCUT2D eigenvalue weighted by Gasteiger charge is -2.69. The highest BCUT2D eigenvalue weighted by Crippen LogP contribution is 2.73. The molecule has 0 aliphatic heterocycles. The maximum atomic E-state index is 14.5. The minimum atomic E-state index is -0.639. The van der Waals surface area contributed by atoms with Gasteiger partial charge in [-0.1, -0.05) is 60.1 Å². The number of nitrogens with one attached hydrogen (secondary N) is 2. The molecule has 0 amide bonds. The van der Waals surface area contributed by atoms with Gasteiger partial charge in [0.15, 0.2) is 16.7 Å². The normalized spacial score (nSPS) is 44.7. The Bertz CT molecular complexity index is 1220. The molecule has 5 nitrogen and oxygen atoms in total. The van der Waals surface area contributed by atoms with Gasteiger partial charge in [-0.2, -0.15) is 5.26 Å². The van der Waals surface area contributed by atoms with E-state index < -0.39 is 10.8 Å². The van der Waals surface area contributed by atoms with Crippen LogP contribution in [0.1, 0.15) is 93.4 Å². The third-order valence-corrected chi connectivity index (χ3v) is 12.8. The minimum absolute atomic E-state index is 0.0589. The highest BCUT2D eigenvalue weighted by molar-refractivity contribution is 7.80. The lowest BCUT2D eigenvalue weighted by atomic mass is 9.35. The van der Waals surface area contributed by atoms with Crippen molar-refractivity contribution in [3.05, 3.63) is 23.3 Å². The zero-order chi connectivity index (χ0) is 28.1. The zero-order valence-electron chi connectivity index (χ0n) is 24.5. The summed E-state index contributed by atoms with van der Waals surface area (Å²) in [5, 5.41) is 17.4. The standard InChI is InChI=1S/C32H45N3O2S/c1-27(2)11-13-32(35-26(38)34-8)14-12-31(7)24(20(32)17-27)21(36)15-23-29(5)16-19(18-33)25(37)28(3,4)22(29)9-10-30(23,31)6/h15-16,20,22,24H,9-14,17H2,1-8H3,(H2,34,35,38)/t20-,22?,24-,29-,30+,31+,32-/m0/s1. The average molecular weight is 536 g/mol. The fraction of sp³-hybridized carbons (Fsp3) is 0.750. The summed E-state index contributed by atoms with van der Waals surface area (Å²) in [6, 6.07) is 2.20. The molecule has 3 saturated carbocycles. The summed E-state index contributed by atoms with van der Waals surface area (Å²) < 4.78 is 0. The molecule has 0 spiro atoms. The second kappa shape index (κ2) is 8.26. The third kappa shape index (κ3) is 3.42.